The minimum Gasteiger partial charge on any atom is -0.309 e. The molecule has 2 rings (SSSR count). The molecule has 4 heteroatoms. The average molecular weight is 281 g/mol. The molecule has 0 fully saturated rings. The van der Waals surface area contributed by atoms with E-state index in [1.807, 2.05) is 17.5 Å². The van der Waals surface area contributed by atoms with Crippen molar-refractivity contribution in [1.29, 1.82) is 0 Å². The quantitative estimate of drug-likeness (QED) is 0.832. The van der Waals surface area contributed by atoms with Gasteiger partial charge in [0.1, 0.15) is 11.6 Å². The third kappa shape index (κ3) is 3.61. The van der Waals surface area contributed by atoms with E-state index in [2.05, 4.69) is 12.2 Å². The van der Waals surface area contributed by atoms with Crippen LogP contribution in [0.4, 0.5) is 8.78 Å². The smallest absolute Gasteiger partial charge is 0.129 e. The summed E-state index contributed by atoms with van der Waals surface area (Å²) in [5.74, 6) is -0.945. The van der Waals surface area contributed by atoms with Gasteiger partial charge in [-0.2, -0.15) is 0 Å². The first-order chi connectivity index (χ1) is 9.22. The van der Waals surface area contributed by atoms with E-state index in [1.165, 1.54) is 18.2 Å². The Labute approximate surface area is 116 Å². The van der Waals surface area contributed by atoms with Crippen LogP contribution in [0.5, 0.6) is 0 Å². The molecule has 0 aliphatic rings. The van der Waals surface area contributed by atoms with Crippen LogP contribution in [0, 0.1) is 11.6 Å². The molecular formula is C15H17F2NS. The summed E-state index contributed by atoms with van der Waals surface area (Å²) < 4.78 is 27.4. The highest BCUT2D eigenvalue weighted by Gasteiger charge is 2.17. The minimum atomic E-state index is -0.472. The van der Waals surface area contributed by atoms with Crippen LogP contribution in [0.15, 0.2) is 35.7 Å². The molecule has 0 radical (unpaired) electrons. The second kappa shape index (κ2) is 6.78. The van der Waals surface area contributed by atoms with E-state index in [4.69, 9.17) is 0 Å². The van der Waals surface area contributed by atoms with E-state index in [-0.39, 0.29) is 11.6 Å². The molecule has 1 heterocycles. The van der Waals surface area contributed by atoms with Crippen molar-refractivity contribution in [3.05, 3.63) is 57.8 Å². The highest BCUT2D eigenvalue weighted by atomic mass is 32.1. The zero-order valence-electron chi connectivity index (χ0n) is 10.8. The lowest BCUT2D eigenvalue weighted by Crippen LogP contribution is -2.24. The summed E-state index contributed by atoms with van der Waals surface area (Å²) >= 11 is 1.61. The molecule has 0 aliphatic heterocycles. The Balaban J connectivity index is 2.20. The van der Waals surface area contributed by atoms with E-state index < -0.39 is 11.6 Å². The molecule has 0 spiro atoms. The fourth-order valence-corrected chi connectivity index (χ4v) is 2.82. The van der Waals surface area contributed by atoms with Crippen molar-refractivity contribution in [3.8, 4) is 0 Å². The SMILES string of the molecule is CCCNC(Cc1c(F)cccc1F)c1cccs1. The maximum atomic E-state index is 13.7. The van der Waals surface area contributed by atoms with Crippen LogP contribution < -0.4 is 5.32 Å². The van der Waals surface area contributed by atoms with Gasteiger partial charge in [0.2, 0.25) is 0 Å². The first-order valence-electron chi connectivity index (χ1n) is 6.42. The summed E-state index contributed by atoms with van der Waals surface area (Å²) in [7, 11) is 0. The highest BCUT2D eigenvalue weighted by Crippen LogP contribution is 2.25. The van der Waals surface area contributed by atoms with E-state index in [0.29, 0.717) is 6.42 Å². The number of benzene rings is 1. The van der Waals surface area contributed by atoms with Gasteiger partial charge >= 0.3 is 0 Å². The lowest BCUT2D eigenvalue weighted by atomic mass is 10.0. The van der Waals surface area contributed by atoms with Crippen molar-refractivity contribution >= 4 is 11.3 Å². The monoisotopic (exact) mass is 281 g/mol. The summed E-state index contributed by atoms with van der Waals surface area (Å²) in [6, 6.07) is 7.93. The number of hydrogen-bond acceptors (Lipinski definition) is 2. The molecule has 1 unspecified atom stereocenters. The third-order valence-electron chi connectivity index (χ3n) is 3.00. The molecule has 1 N–H and O–H groups in total. The van der Waals surface area contributed by atoms with E-state index in [9.17, 15) is 8.78 Å². The maximum absolute atomic E-state index is 13.7. The summed E-state index contributed by atoms with van der Waals surface area (Å²) in [5, 5.41) is 5.33. The van der Waals surface area contributed by atoms with Crippen LogP contribution in [0.1, 0.15) is 29.8 Å². The second-order valence-corrected chi connectivity index (χ2v) is 5.41. The summed E-state index contributed by atoms with van der Waals surface area (Å²) in [4.78, 5) is 1.11. The van der Waals surface area contributed by atoms with Crippen LogP contribution in [-0.2, 0) is 6.42 Å². The van der Waals surface area contributed by atoms with Crippen molar-refractivity contribution in [2.24, 2.45) is 0 Å². The van der Waals surface area contributed by atoms with E-state index in [0.717, 1.165) is 17.8 Å². The lowest BCUT2D eigenvalue weighted by molar-refractivity contribution is 0.494. The van der Waals surface area contributed by atoms with Gasteiger partial charge in [-0.15, -0.1) is 11.3 Å². The van der Waals surface area contributed by atoms with Crippen molar-refractivity contribution in [2.45, 2.75) is 25.8 Å². The first kappa shape index (κ1) is 14.2. The van der Waals surface area contributed by atoms with Gasteiger partial charge in [-0.25, -0.2) is 8.78 Å². The van der Waals surface area contributed by atoms with Gasteiger partial charge in [0.15, 0.2) is 0 Å². The summed E-state index contributed by atoms with van der Waals surface area (Å²) in [5.41, 5.74) is 0.157. The van der Waals surface area contributed by atoms with Crippen LogP contribution in [0.3, 0.4) is 0 Å². The topological polar surface area (TPSA) is 12.0 Å². The maximum Gasteiger partial charge on any atom is 0.129 e. The van der Waals surface area contributed by atoms with Crippen LogP contribution in [-0.4, -0.2) is 6.54 Å². The largest absolute Gasteiger partial charge is 0.309 e. The summed E-state index contributed by atoms with van der Waals surface area (Å²) in [6.45, 7) is 2.90. The number of halogens is 2. The first-order valence-corrected chi connectivity index (χ1v) is 7.30. The highest BCUT2D eigenvalue weighted by molar-refractivity contribution is 7.10. The molecule has 19 heavy (non-hydrogen) atoms. The van der Waals surface area contributed by atoms with Gasteiger partial charge in [0, 0.05) is 16.5 Å². The normalized spacial score (nSPS) is 12.6. The van der Waals surface area contributed by atoms with Crippen molar-refractivity contribution < 1.29 is 8.78 Å². The van der Waals surface area contributed by atoms with Gasteiger partial charge in [0.05, 0.1) is 0 Å². The predicted octanol–water partition coefficient (Wildman–Crippen LogP) is 4.31. The molecule has 1 aromatic carbocycles. The van der Waals surface area contributed by atoms with Gasteiger partial charge in [-0.3, -0.25) is 0 Å². The molecule has 1 nitrogen and oxygen atoms in total. The Kier molecular flexibility index (Phi) is 5.05. The van der Waals surface area contributed by atoms with Gasteiger partial charge in [-0.05, 0) is 43.0 Å². The molecule has 2 aromatic rings. The van der Waals surface area contributed by atoms with Crippen molar-refractivity contribution in [3.63, 3.8) is 0 Å². The molecular weight excluding hydrogens is 264 g/mol. The lowest BCUT2D eigenvalue weighted by Gasteiger charge is -2.18. The molecule has 0 amide bonds. The fraction of sp³-hybridized carbons (Fsp3) is 0.333. The summed E-state index contributed by atoms with van der Waals surface area (Å²) in [6.07, 6.45) is 1.32. The van der Waals surface area contributed by atoms with E-state index >= 15 is 0 Å². The van der Waals surface area contributed by atoms with Crippen molar-refractivity contribution in [1.82, 2.24) is 5.32 Å². The van der Waals surface area contributed by atoms with Gasteiger partial charge < -0.3 is 5.32 Å². The number of rotatable bonds is 6. The number of hydrogen-bond donors (Lipinski definition) is 1. The van der Waals surface area contributed by atoms with Crippen molar-refractivity contribution in [2.75, 3.05) is 6.54 Å². The molecule has 1 aromatic heterocycles. The molecule has 1 atom stereocenters. The van der Waals surface area contributed by atoms with Crippen LogP contribution in [0.2, 0.25) is 0 Å². The van der Waals surface area contributed by atoms with Crippen LogP contribution in [0.25, 0.3) is 0 Å². The zero-order valence-corrected chi connectivity index (χ0v) is 11.6. The van der Waals surface area contributed by atoms with Gasteiger partial charge in [0.25, 0.3) is 0 Å². The standard InChI is InChI=1S/C15H17F2NS/c1-2-8-18-14(15-7-4-9-19-15)10-11-12(16)5-3-6-13(11)17/h3-7,9,14,18H,2,8,10H2,1H3. The number of nitrogens with one attached hydrogen (secondary N) is 1. The Morgan fingerprint density at radius 2 is 1.89 bits per heavy atom. The third-order valence-corrected chi connectivity index (χ3v) is 3.98. The molecule has 0 bridgehead atoms. The molecule has 0 aliphatic carbocycles. The van der Waals surface area contributed by atoms with Crippen LogP contribution >= 0.6 is 11.3 Å². The van der Waals surface area contributed by atoms with E-state index in [1.54, 1.807) is 11.3 Å². The Morgan fingerprint density at radius 3 is 2.47 bits per heavy atom. The Morgan fingerprint density at radius 1 is 1.16 bits per heavy atom. The van der Waals surface area contributed by atoms with Gasteiger partial charge in [-0.1, -0.05) is 19.1 Å². The zero-order chi connectivity index (χ0) is 13.7. The fourth-order valence-electron chi connectivity index (χ4n) is 2.01. The minimum absolute atomic E-state index is 0.0358. The molecule has 102 valence electrons. The molecule has 0 saturated carbocycles. The molecule has 0 saturated heterocycles. The second-order valence-electron chi connectivity index (χ2n) is 4.43. The Bertz CT molecular complexity index is 491. The number of thiophene rings is 1. The average Bonchev–Trinajstić information content (AvgIpc) is 2.91. The predicted molar refractivity (Wildman–Crippen MR) is 75.4 cm³/mol. The Hall–Kier alpha value is -1.26.